The normalized spacial score (nSPS) is 20.3. The van der Waals surface area contributed by atoms with Gasteiger partial charge in [-0.15, -0.1) is 0 Å². The highest BCUT2D eigenvalue weighted by Gasteiger charge is 2.38. The number of aryl methyl sites for hydroxylation is 1. The van der Waals surface area contributed by atoms with E-state index in [0.29, 0.717) is 12.1 Å². The topological polar surface area (TPSA) is 54.3 Å². The number of fused-ring (bicyclic) bond motifs is 3. The maximum atomic E-state index is 13.1. The molecule has 2 atom stereocenters. The SMILES string of the molecule is CC1C(NC2c3ccccc3-c3ccccc32)CCN1C(=O)c1ccc(=O)n(C)c1. The van der Waals surface area contributed by atoms with Gasteiger partial charge in [-0.2, -0.15) is 0 Å². The summed E-state index contributed by atoms with van der Waals surface area (Å²) in [6.45, 7) is 2.81. The van der Waals surface area contributed by atoms with Gasteiger partial charge in [0.05, 0.1) is 11.6 Å². The van der Waals surface area contributed by atoms with Crippen molar-refractivity contribution >= 4 is 5.91 Å². The number of hydrogen-bond donors (Lipinski definition) is 1. The van der Waals surface area contributed by atoms with Crippen LogP contribution in [0.5, 0.6) is 0 Å². The molecule has 1 aliphatic carbocycles. The summed E-state index contributed by atoms with van der Waals surface area (Å²) in [5.41, 5.74) is 5.62. The summed E-state index contributed by atoms with van der Waals surface area (Å²) >= 11 is 0. The number of rotatable bonds is 3. The summed E-state index contributed by atoms with van der Waals surface area (Å²) in [7, 11) is 1.67. The summed E-state index contributed by atoms with van der Waals surface area (Å²) < 4.78 is 1.45. The van der Waals surface area contributed by atoms with Crippen LogP contribution in [0.15, 0.2) is 71.7 Å². The average Bonchev–Trinajstić information content (AvgIpc) is 3.28. The van der Waals surface area contributed by atoms with Crippen LogP contribution in [-0.2, 0) is 7.05 Å². The van der Waals surface area contributed by atoms with E-state index in [-0.39, 0.29) is 29.6 Å². The van der Waals surface area contributed by atoms with Gasteiger partial charge < -0.3 is 14.8 Å². The molecule has 0 bridgehead atoms. The van der Waals surface area contributed by atoms with E-state index in [1.165, 1.54) is 32.9 Å². The lowest BCUT2D eigenvalue weighted by molar-refractivity contribution is 0.0736. The number of nitrogens with zero attached hydrogens (tertiary/aromatic N) is 2. The largest absolute Gasteiger partial charge is 0.334 e. The van der Waals surface area contributed by atoms with Crippen molar-refractivity contribution in [1.82, 2.24) is 14.8 Å². The van der Waals surface area contributed by atoms with E-state index in [1.807, 2.05) is 4.90 Å². The number of likely N-dealkylation sites (tertiary alicyclic amines) is 1. The lowest BCUT2D eigenvalue weighted by Gasteiger charge is -2.28. The lowest BCUT2D eigenvalue weighted by Crippen LogP contribution is -2.44. The molecule has 5 nitrogen and oxygen atoms in total. The quantitative estimate of drug-likeness (QED) is 0.735. The van der Waals surface area contributed by atoms with E-state index in [2.05, 4.69) is 60.8 Å². The summed E-state index contributed by atoms with van der Waals surface area (Å²) in [6.07, 6.45) is 2.53. The molecular weight excluding hydrogens is 374 g/mol. The van der Waals surface area contributed by atoms with Crippen molar-refractivity contribution < 1.29 is 4.79 Å². The zero-order valence-electron chi connectivity index (χ0n) is 17.2. The molecule has 1 amide bonds. The third-order valence-corrected chi connectivity index (χ3v) is 6.56. The zero-order chi connectivity index (χ0) is 20.8. The number of nitrogens with one attached hydrogen (secondary N) is 1. The number of aromatic nitrogens is 1. The van der Waals surface area contributed by atoms with E-state index in [1.54, 1.807) is 19.3 Å². The van der Waals surface area contributed by atoms with Gasteiger partial charge in [-0.3, -0.25) is 9.59 Å². The van der Waals surface area contributed by atoms with Gasteiger partial charge in [0.25, 0.3) is 5.91 Å². The highest BCUT2D eigenvalue weighted by atomic mass is 16.2. The van der Waals surface area contributed by atoms with E-state index >= 15 is 0 Å². The Morgan fingerprint density at radius 1 is 0.967 bits per heavy atom. The Morgan fingerprint density at radius 2 is 1.60 bits per heavy atom. The van der Waals surface area contributed by atoms with Crippen molar-refractivity contribution in [3.05, 3.63) is 93.9 Å². The van der Waals surface area contributed by atoms with Crippen LogP contribution in [-0.4, -0.2) is 34.0 Å². The van der Waals surface area contributed by atoms with Crippen LogP contribution in [0.3, 0.4) is 0 Å². The van der Waals surface area contributed by atoms with Crippen LogP contribution in [0.25, 0.3) is 11.1 Å². The molecule has 3 aromatic rings. The van der Waals surface area contributed by atoms with Crippen LogP contribution in [0.2, 0.25) is 0 Å². The Hall–Kier alpha value is -3.18. The number of carbonyl (C=O) groups is 1. The maximum Gasteiger partial charge on any atom is 0.255 e. The summed E-state index contributed by atoms with van der Waals surface area (Å²) in [6, 6.07) is 20.6. The predicted molar refractivity (Wildman–Crippen MR) is 117 cm³/mol. The summed E-state index contributed by atoms with van der Waals surface area (Å²) in [5.74, 6) is -0.0189. The minimum absolute atomic E-state index is 0.0189. The van der Waals surface area contributed by atoms with Crippen molar-refractivity contribution in [2.75, 3.05) is 6.54 Å². The third-order valence-electron chi connectivity index (χ3n) is 6.56. The minimum Gasteiger partial charge on any atom is -0.334 e. The first-order chi connectivity index (χ1) is 14.5. The van der Waals surface area contributed by atoms with Crippen molar-refractivity contribution in [2.24, 2.45) is 7.05 Å². The van der Waals surface area contributed by atoms with Gasteiger partial charge >= 0.3 is 0 Å². The number of hydrogen-bond acceptors (Lipinski definition) is 3. The van der Waals surface area contributed by atoms with Crippen LogP contribution in [0.4, 0.5) is 0 Å². The highest BCUT2D eigenvalue weighted by Crippen LogP contribution is 2.43. The van der Waals surface area contributed by atoms with Crippen LogP contribution >= 0.6 is 0 Å². The van der Waals surface area contributed by atoms with Gasteiger partial charge in [0, 0.05) is 37.9 Å². The Labute approximate surface area is 176 Å². The number of carbonyl (C=O) groups excluding carboxylic acids is 1. The molecule has 5 rings (SSSR count). The standard InChI is InChI=1S/C25H25N3O2/c1-16-22(13-14-28(16)25(30)17-11-12-23(29)27(2)15-17)26-24-20-9-5-3-7-18(20)19-8-4-6-10-21(19)24/h3-12,15-16,22,24,26H,13-14H2,1-2H3. The Bertz CT molecular complexity index is 1140. The second-order valence-electron chi connectivity index (χ2n) is 8.28. The van der Waals surface area contributed by atoms with Crippen LogP contribution in [0.1, 0.15) is 40.9 Å². The summed E-state index contributed by atoms with van der Waals surface area (Å²) in [5, 5.41) is 3.85. The maximum absolute atomic E-state index is 13.1. The van der Waals surface area contributed by atoms with Crippen molar-refractivity contribution in [2.45, 2.75) is 31.5 Å². The smallest absolute Gasteiger partial charge is 0.255 e. The fourth-order valence-corrected chi connectivity index (χ4v) is 4.88. The van der Waals surface area contributed by atoms with E-state index in [4.69, 9.17) is 0 Å². The van der Waals surface area contributed by atoms with Gasteiger partial charge in [-0.25, -0.2) is 0 Å². The first-order valence-corrected chi connectivity index (χ1v) is 10.5. The highest BCUT2D eigenvalue weighted by molar-refractivity contribution is 5.94. The molecule has 0 spiro atoms. The molecule has 2 unspecified atom stereocenters. The van der Waals surface area contributed by atoms with Crippen molar-refractivity contribution in [1.29, 1.82) is 0 Å². The van der Waals surface area contributed by atoms with Crippen LogP contribution < -0.4 is 10.9 Å². The molecule has 2 heterocycles. The predicted octanol–water partition coefficient (Wildman–Crippen LogP) is 3.35. The second kappa shape index (κ2) is 7.26. The molecule has 2 aromatic carbocycles. The molecule has 1 N–H and O–H groups in total. The number of benzene rings is 2. The van der Waals surface area contributed by atoms with E-state index < -0.39 is 0 Å². The van der Waals surface area contributed by atoms with Crippen LogP contribution in [0, 0.1) is 0 Å². The molecule has 1 aliphatic heterocycles. The number of amides is 1. The van der Waals surface area contributed by atoms with Gasteiger partial charge in [-0.1, -0.05) is 48.5 Å². The van der Waals surface area contributed by atoms with Gasteiger partial charge in [0.1, 0.15) is 0 Å². The monoisotopic (exact) mass is 399 g/mol. The van der Waals surface area contributed by atoms with Crippen molar-refractivity contribution in [3.8, 4) is 11.1 Å². The fourth-order valence-electron chi connectivity index (χ4n) is 4.88. The molecule has 2 aliphatic rings. The minimum atomic E-state index is -0.112. The molecule has 1 saturated heterocycles. The lowest BCUT2D eigenvalue weighted by atomic mass is 10.0. The summed E-state index contributed by atoms with van der Waals surface area (Å²) in [4.78, 5) is 26.7. The molecule has 1 aromatic heterocycles. The molecule has 30 heavy (non-hydrogen) atoms. The van der Waals surface area contributed by atoms with Gasteiger partial charge in [0.15, 0.2) is 0 Å². The van der Waals surface area contributed by atoms with Gasteiger partial charge in [0.2, 0.25) is 5.56 Å². The second-order valence-corrected chi connectivity index (χ2v) is 8.28. The van der Waals surface area contributed by atoms with Crippen molar-refractivity contribution in [3.63, 3.8) is 0 Å². The Balaban J connectivity index is 1.39. The van der Waals surface area contributed by atoms with Gasteiger partial charge in [-0.05, 0) is 41.7 Å². The molecule has 1 fully saturated rings. The molecular formula is C25H25N3O2. The fraction of sp³-hybridized carbons (Fsp3) is 0.280. The number of pyridine rings is 1. The average molecular weight is 399 g/mol. The molecule has 152 valence electrons. The molecule has 5 heteroatoms. The van der Waals surface area contributed by atoms with E-state index in [9.17, 15) is 9.59 Å². The molecule has 0 radical (unpaired) electrons. The Morgan fingerprint density at radius 3 is 2.23 bits per heavy atom. The first kappa shape index (κ1) is 18.8. The Kier molecular flexibility index (Phi) is 4.55. The van der Waals surface area contributed by atoms with E-state index in [0.717, 1.165) is 6.42 Å². The zero-order valence-corrected chi connectivity index (χ0v) is 17.2. The first-order valence-electron chi connectivity index (χ1n) is 10.5. The third kappa shape index (κ3) is 2.97. The molecule has 0 saturated carbocycles.